The van der Waals surface area contributed by atoms with Crippen molar-refractivity contribution in [3.05, 3.63) is 58.4 Å². The van der Waals surface area contributed by atoms with Crippen LogP contribution in [0.5, 0.6) is 5.75 Å². The molecule has 1 aromatic carbocycles. The number of benzene rings is 1. The Kier molecular flexibility index (Phi) is 5.24. The lowest BCUT2D eigenvalue weighted by atomic mass is 9.38. The van der Waals surface area contributed by atoms with Crippen LogP contribution in [0.3, 0.4) is 0 Å². The molecule has 1 heterocycles. The van der Waals surface area contributed by atoms with Gasteiger partial charge in [-0.2, -0.15) is 13.2 Å². The molecule has 31 heavy (non-hydrogen) atoms. The van der Waals surface area contributed by atoms with Crippen molar-refractivity contribution in [1.82, 2.24) is 10.3 Å². The number of aryl methyl sites for hydroxylation is 1. The van der Waals surface area contributed by atoms with E-state index in [1.807, 2.05) is 6.92 Å². The SMILES string of the molecule is Cc1cc(OCC(=O)CC23CC(NC(=O)c4cccc(C(F)(F)F)n4)(C2)C3)ccc1Cl. The second-order valence-corrected chi connectivity index (χ2v) is 8.99. The molecule has 0 aliphatic heterocycles. The van der Waals surface area contributed by atoms with Gasteiger partial charge in [0, 0.05) is 17.0 Å². The number of nitrogens with one attached hydrogen (secondary N) is 1. The average molecular weight is 453 g/mol. The molecular weight excluding hydrogens is 433 g/mol. The highest BCUT2D eigenvalue weighted by atomic mass is 35.5. The van der Waals surface area contributed by atoms with Crippen LogP contribution in [0.2, 0.25) is 5.02 Å². The Labute approximate surface area is 181 Å². The van der Waals surface area contributed by atoms with Gasteiger partial charge in [-0.3, -0.25) is 9.59 Å². The summed E-state index contributed by atoms with van der Waals surface area (Å²) in [6.45, 7) is 1.80. The predicted octanol–water partition coefficient (Wildman–Crippen LogP) is 4.75. The third-order valence-electron chi connectivity index (χ3n) is 5.89. The molecule has 9 heteroatoms. The lowest BCUT2D eigenvalue weighted by molar-refractivity contribution is -0.162. The summed E-state index contributed by atoms with van der Waals surface area (Å²) in [5.74, 6) is -0.0934. The first-order chi connectivity index (χ1) is 14.5. The molecule has 2 aromatic rings. The summed E-state index contributed by atoms with van der Waals surface area (Å²) >= 11 is 5.97. The number of hydrogen-bond acceptors (Lipinski definition) is 4. The third-order valence-corrected chi connectivity index (χ3v) is 6.32. The fraction of sp³-hybridized carbons (Fsp3) is 0.409. The number of halogens is 4. The maximum Gasteiger partial charge on any atom is 0.433 e. The number of ketones is 1. The zero-order valence-corrected chi connectivity index (χ0v) is 17.4. The van der Waals surface area contributed by atoms with Crippen molar-refractivity contribution in [2.75, 3.05) is 6.61 Å². The van der Waals surface area contributed by atoms with Crippen LogP contribution in [0.15, 0.2) is 36.4 Å². The smallest absolute Gasteiger partial charge is 0.433 e. The largest absolute Gasteiger partial charge is 0.486 e. The number of pyridine rings is 1. The highest BCUT2D eigenvalue weighted by Gasteiger charge is 2.68. The summed E-state index contributed by atoms with van der Waals surface area (Å²) < 4.78 is 43.9. The number of rotatable bonds is 7. The van der Waals surface area contributed by atoms with Crippen molar-refractivity contribution in [2.45, 2.75) is 44.3 Å². The van der Waals surface area contributed by atoms with E-state index in [9.17, 15) is 22.8 Å². The molecule has 3 aliphatic rings. The zero-order chi connectivity index (χ0) is 22.4. The topological polar surface area (TPSA) is 68.3 Å². The molecule has 0 saturated heterocycles. The van der Waals surface area contributed by atoms with E-state index in [1.165, 1.54) is 6.07 Å². The lowest BCUT2D eigenvalue weighted by Gasteiger charge is -2.70. The molecule has 164 valence electrons. The molecular formula is C22H20ClF3N2O3. The van der Waals surface area contributed by atoms with E-state index in [4.69, 9.17) is 16.3 Å². The van der Waals surface area contributed by atoms with E-state index in [-0.39, 0.29) is 23.5 Å². The van der Waals surface area contributed by atoms with Crippen molar-refractivity contribution in [3.8, 4) is 5.75 Å². The van der Waals surface area contributed by atoms with Gasteiger partial charge in [0.25, 0.3) is 5.91 Å². The summed E-state index contributed by atoms with van der Waals surface area (Å²) in [6.07, 6.45) is -2.40. The summed E-state index contributed by atoms with van der Waals surface area (Å²) in [5.41, 5.74) is -1.13. The summed E-state index contributed by atoms with van der Waals surface area (Å²) in [4.78, 5) is 28.1. The molecule has 0 spiro atoms. The molecule has 1 aromatic heterocycles. The van der Waals surface area contributed by atoms with Crippen molar-refractivity contribution < 1.29 is 27.5 Å². The normalized spacial score (nSPS) is 24.0. The minimum atomic E-state index is -4.61. The second kappa shape index (κ2) is 7.51. The Morgan fingerprint density at radius 3 is 2.55 bits per heavy atom. The summed E-state index contributed by atoms with van der Waals surface area (Å²) in [5, 5.41) is 3.42. The number of carbonyl (C=O) groups excluding carboxylic acids is 2. The summed E-state index contributed by atoms with van der Waals surface area (Å²) in [7, 11) is 0. The lowest BCUT2D eigenvalue weighted by Crippen LogP contribution is -2.75. The van der Waals surface area contributed by atoms with E-state index in [0.717, 1.165) is 17.7 Å². The highest BCUT2D eigenvalue weighted by molar-refractivity contribution is 6.31. The molecule has 3 aliphatic carbocycles. The second-order valence-electron chi connectivity index (χ2n) is 8.59. The maximum atomic E-state index is 12.8. The third kappa shape index (κ3) is 4.39. The van der Waals surface area contributed by atoms with Gasteiger partial charge in [0.1, 0.15) is 23.7 Å². The van der Waals surface area contributed by atoms with Crippen LogP contribution in [0, 0.1) is 12.3 Å². The van der Waals surface area contributed by atoms with Gasteiger partial charge in [0.05, 0.1) is 0 Å². The molecule has 0 atom stereocenters. The fourth-order valence-corrected chi connectivity index (χ4v) is 4.80. The number of carbonyl (C=O) groups is 2. The van der Waals surface area contributed by atoms with Crippen LogP contribution in [0.25, 0.3) is 0 Å². The Bertz CT molecular complexity index is 1030. The molecule has 5 rings (SSSR count). The van der Waals surface area contributed by atoms with E-state index in [2.05, 4.69) is 10.3 Å². The molecule has 1 N–H and O–H groups in total. The fourth-order valence-electron chi connectivity index (χ4n) is 4.68. The van der Waals surface area contributed by atoms with E-state index >= 15 is 0 Å². The van der Waals surface area contributed by atoms with Crippen molar-refractivity contribution in [1.29, 1.82) is 0 Å². The monoisotopic (exact) mass is 452 g/mol. The highest BCUT2D eigenvalue weighted by Crippen LogP contribution is 2.69. The van der Waals surface area contributed by atoms with Crippen molar-refractivity contribution in [2.24, 2.45) is 5.41 Å². The molecule has 2 bridgehead atoms. The van der Waals surface area contributed by atoms with Gasteiger partial charge in [0.2, 0.25) is 0 Å². The first-order valence-electron chi connectivity index (χ1n) is 9.77. The van der Waals surface area contributed by atoms with Gasteiger partial charge in [-0.1, -0.05) is 17.7 Å². The van der Waals surface area contributed by atoms with Crippen LogP contribution in [-0.4, -0.2) is 28.8 Å². The Hall–Kier alpha value is -2.61. The zero-order valence-electron chi connectivity index (χ0n) is 16.7. The van der Waals surface area contributed by atoms with Gasteiger partial charge >= 0.3 is 6.18 Å². The van der Waals surface area contributed by atoms with E-state index in [0.29, 0.717) is 36.5 Å². The standard InChI is InChI=1S/C22H20ClF3N2O3/c1-13-7-15(5-6-16(13)23)31-9-14(29)8-20-10-21(11-20,12-20)28-19(30)17-3-2-4-18(27-17)22(24,25)26/h2-7H,8-12H2,1H3,(H,28,30). The molecule has 5 nitrogen and oxygen atoms in total. The molecule has 0 unspecified atom stereocenters. The van der Waals surface area contributed by atoms with Crippen LogP contribution >= 0.6 is 11.6 Å². The maximum absolute atomic E-state index is 12.8. The summed E-state index contributed by atoms with van der Waals surface area (Å²) in [6, 6.07) is 8.43. The van der Waals surface area contributed by atoms with Crippen molar-refractivity contribution in [3.63, 3.8) is 0 Å². The Morgan fingerprint density at radius 1 is 1.19 bits per heavy atom. The number of ether oxygens (including phenoxy) is 1. The Balaban J connectivity index is 1.26. The number of amides is 1. The van der Waals surface area contributed by atoms with E-state index < -0.39 is 23.3 Å². The molecule has 1 amide bonds. The first kappa shape index (κ1) is 21.6. The first-order valence-corrected chi connectivity index (χ1v) is 10.1. The predicted molar refractivity (Wildman–Crippen MR) is 107 cm³/mol. The number of alkyl halides is 3. The molecule has 3 saturated carbocycles. The number of Topliss-reactive ketones (excluding diaryl/α,β-unsaturated/α-hetero) is 1. The van der Waals surface area contributed by atoms with Crippen LogP contribution in [-0.2, 0) is 11.0 Å². The van der Waals surface area contributed by atoms with Crippen LogP contribution in [0.4, 0.5) is 13.2 Å². The number of aromatic nitrogens is 1. The molecule has 3 fully saturated rings. The van der Waals surface area contributed by atoms with Gasteiger partial charge in [-0.15, -0.1) is 0 Å². The van der Waals surface area contributed by atoms with E-state index in [1.54, 1.807) is 18.2 Å². The van der Waals surface area contributed by atoms with Gasteiger partial charge < -0.3 is 10.1 Å². The Morgan fingerprint density at radius 2 is 1.90 bits per heavy atom. The van der Waals surface area contributed by atoms with Crippen LogP contribution in [0.1, 0.15) is 47.4 Å². The number of nitrogens with zero attached hydrogens (tertiary/aromatic N) is 1. The van der Waals surface area contributed by atoms with Crippen molar-refractivity contribution >= 4 is 23.3 Å². The van der Waals surface area contributed by atoms with Gasteiger partial charge in [-0.05, 0) is 67.5 Å². The minimum Gasteiger partial charge on any atom is -0.486 e. The minimum absolute atomic E-state index is 0.0354. The van der Waals surface area contributed by atoms with Gasteiger partial charge in [0.15, 0.2) is 5.78 Å². The quantitative estimate of drug-likeness (QED) is 0.658. The van der Waals surface area contributed by atoms with Gasteiger partial charge in [-0.25, -0.2) is 4.98 Å². The van der Waals surface area contributed by atoms with Crippen LogP contribution < -0.4 is 10.1 Å². The average Bonchev–Trinajstić information content (AvgIpc) is 2.65. The number of hydrogen-bond donors (Lipinski definition) is 1. The molecule has 0 radical (unpaired) electrons.